The largest absolute Gasteiger partial charge is 0.486 e. The van der Waals surface area contributed by atoms with Crippen LogP contribution in [0.25, 0.3) is 0 Å². The van der Waals surface area contributed by atoms with Gasteiger partial charge in [-0.1, -0.05) is 6.07 Å². The fourth-order valence-corrected chi connectivity index (χ4v) is 2.02. The maximum absolute atomic E-state index is 5.65. The molecule has 0 amide bonds. The summed E-state index contributed by atoms with van der Waals surface area (Å²) >= 11 is 2.26. The van der Waals surface area contributed by atoms with Crippen molar-refractivity contribution in [3.05, 3.63) is 51.5 Å². The molecule has 0 unspecified atom stereocenters. The normalized spacial score (nSPS) is 10.5. The number of hydrogen-bond acceptors (Lipinski definition) is 3. The molecule has 3 nitrogen and oxygen atoms in total. The fraction of sp³-hybridized carbons (Fsp3) is 0.231. The summed E-state index contributed by atoms with van der Waals surface area (Å²) in [6.45, 7) is 1.27. The van der Waals surface area contributed by atoms with Gasteiger partial charge >= 0.3 is 0 Å². The summed E-state index contributed by atoms with van der Waals surface area (Å²) in [4.78, 5) is 0. The van der Waals surface area contributed by atoms with E-state index < -0.39 is 0 Å². The summed E-state index contributed by atoms with van der Waals surface area (Å²) in [5, 5.41) is 3.08. The highest BCUT2D eigenvalue weighted by molar-refractivity contribution is 14.1. The molecule has 0 radical (unpaired) electrons. The van der Waals surface area contributed by atoms with Crippen LogP contribution in [0.5, 0.6) is 5.75 Å². The van der Waals surface area contributed by atoms with E-state index in [9.17, 15) is 0 Å². The van der Waals surface area contributed by atoms with Crippen molar-refractivity contribution in [2.45, 2.75) is 13.2 Å². The number of ether oxygens (including phenoxy) is 1. The Hall–Kier alpha value is -1.01. The highest BCUT2D eigenvalue weighted by atomic mass is 127. The van der Waals surface area contributed by atoms with Gasteiger partial charge in [0.05, 0.1) is 6.26 Å². The van der Waals surface area contributed by atoms with Crippen molar-refractivity contribution in [1.29, 1.82) is 0 Å². The van der Waals surface area contributed by atoms with Gasteiger partial charge < -0.3 is 14.5 Å². The van der Waals surface area contributed by atoms with Crippen molar-refractivity contribution in [2.75, 3.05) is 7.05 Å². The van der Waals surface area contributed by atoms with Gasteiger partial charge in [0.2, 0.25) is 0 Å². The van der Waals surface area contributed by atoms with Crippen LogP contribution in [0.15, 0.2) is 41.0 Å². The maximum Gasteiger partial charge on any atom is 0.146 e. The van der Waals surface area contributed by atoms with Crippen molar-refractivity contribution >= 4 is 22.6 Å². The smallest absolute Gasteiger partial charge is 0.146 e. The number of nitrogens with one attached hydrogen (secondary N) is 1. The lowest BCUT2D eigenvalue weighted by molar-refractivity contribution is 0.270. The van der Waals surface area contributed by atoms with Crippen molar-refractivity contribution < 1.29 is 9.15 Å². The SMILES string of the molecule is CNCc1coc(COc2cccc(I)c2)c1. The Morgan fingerprint density at radius 2 is 2.24 bits per heavy atom. The average Bonchev–Trinajstić information content (AvgIpc) is 2.75. The van der Waals surface area contributed by atoms with Crippen LogP contribution in [0, 0.1) is 3.57 Å². The van der Waals surface area contributed by atoms with Gasteiger partial charge in [0.15, 0.2) is 0 Å². The van der Waals surface area contributed by atoms with Gasteiger partial charge in [0.1, 0.15) is 18.1 Å². The Morgan fingerprint density at radius 3 is 3.00 bits per heavy atom. The quantitative estimate of drug-likeness (QED) is 0.847. The maximum atomic E-state index is 5.65. The average molecular weight is 343 g/mol. The number of furan rings is 1. The predicted octanol–water partition coefficient (Wildman–Crippen LogP) is 3.18. The summed E-state index contributed by atoms with van der Waals surface area (Å²) in [5.74, 6) is 1.71. The van der Waals surface area contributed by atoms with E-state index in [4.69, 9.17) is 9.15 Å². The molecule has 4 heteroatoms. The second-order valence-corrected chi connectivity index (χ2v) is 4.94. The number of rotatable bonds is 5. The lowest BCUT2D eigenvalue weighted by atomic mass is 10.3. The highest BCUT2D eigenvalue weighted by Gasteiger charge is 2.02. The van der Waals surface area contributed by atoms with Crippen molar-refractivity contribution in [1.82, 2.24) is 5.32 Å². The van der Waals surface area contributed by atoms with E-state index in [1.165, 1.54) is 0 Å². The lowest BCUT2D eigenvalue weighted by Crippen LogP contribution is -2.03. The van der Waals surface area contributed by atoms with Gasteiger partial charge in [-0.25, -0.2) is 0 Å². The van der Waals surface area contributed by atoms with Gasteiger partial charge in [-0.15, -0.1) is 0 Å². The molecule has 90 valence electrons. The lowest BCUT2D eigenvalue weighted by Gasteiger charge is -2.03. The molecule has 0 spiro atoms. The van der Waals surface area contributed by atoms with E-state index in [0.29, 0.717) is 6.61 Å². The first kappa shape index (κ1) is 12.4. The zero-order valence-electron chi connectivity index (χ0n) is 9.57. The van der Waals surface area contributed by atoms with Crippen molar-refractivity contribution in [3.63, 3.8) is 0 Å². The third-order valence-corrected chi connectivity index (χ3v) is 2.94. The Morgan fingerprint density at radius 1 is 1.35 bits per heavy atom. The van der Waals surface area contributed by atoms with Crippen LogP contribution in [-0.4, -0.2) is 7.05 Å². The van der Waals surface area contributed by atoms with Gasteiger partial charge in [0, 0.05) is 15.7 Å². The topological polar surface area (TPSA) is 34.4 Å². The minimum Gasteiger partial charge on any atom is -0.486 e. The Kier molecular flexibility index (Phi) is 4.44. The molecule has 0 saturated heterocycles. The van der Waals surface area contributed by atoms with E-state index >= 15 is 0 Å². The molecule has 0 atom stereocenters. The first-order valence-corrected chi connectivity index (χ1v) is 6.45. The van der Waals surface area contributed by atoms with E-state index in [1.54, 1.807) is 6.26 Å². The first-order valence-electron chi connectivity index (χ1n) is 5.37. The molecule has 1 aromatic heterocycles. The molecule has 2 aromatic rings. The van der Waals surface area contributed by atoms with Crippen LogP contribution < -0.4 is 10.1 Å². The fourth-order valence-electron chi connectivity index (χ4n) is 1.51. The summed E-state index contributed by atoms with van der Waals surface area (Å²) in [5.41, 5.74) is 1.13. The molecular formula is C13H14INO2. The van der Waals surface area contributed by atoms with Crippen molar-refractivity contribution in [3.8, 4) is 5.75 Å². The van der Waals surface area contributed by atoms with Crippen LogP contribution in [-0.2, 0) is 13.2 Å². The van der Waals surface area contributed by atoms with E-state index in [0.717, 1.165) is 27.2 Å². The summed E-state index contributed by atoms with van der Waals surface area (Å²) < 4.78 is 12.2. The number of hydrogen-bond donors (Lipinski definition) is 1. The third kappa shape index (κ3) is 3.74. The summed E-state index contributed by atoms with van der Waals surface area (Å²) in [7, 11) is 1.91. The van der Waals surface area contributed by atoms with Crippen LogP contribution in [0.1, 0.15) is 11.3 Å². The second kappa shape index (κ2) is 6.07. The molecule has 0 bridgehead atoms. The Bertz CT molecular complexity index is 482. The molecule has 17 heavy (non-hydrogen) atoms. The van der Waals surface area contributed by atoms with Crippen LogP contribution in [0.4, 0.5) is 0 Å². The molecule has 0 aliphatic heterocycles. The minimum atomic E-state index is 0.462. The number of halogens is 1. The van der Waals surface area contributed by atoms with Crippen LogP contribution >= 0.6 is 22.6 Å². The van der Waals surface area contributed by atoms with E-state index in [1.807, 2.05) is 37.4 Å². The zero-order chi connectivity index (χ0) is 12.1. The number of benzene rings is 1. The monoisotopic (exact) mass is 343 g/mol. The second-order valence-electron chi connectivity index (χ2n) is 3.70. The van der Waals surface area contributed by atoms with Crippen LogP contribution in [0.2, 0.25) is 0 Å². The third-order valence-electron chi connectivity index (χ3n) is 2.27. The molecule has 0 aliphatic carbocycles. The molecule has 2 rings (SSSR count). The van der Waals surface area contributed by atoms with Gasteiger partial charge in [0.25, 0.3) is 0 Å². The molecule has 1 heterocycles. The predicted molar refractivity (Wildman–Crippen MR) is 75.0 cm³/mol. The summed E-state index contributed by atoms with van der Waals surface area (Å²) in [6.07, 6.45) is 1.75. The zero-order valence-corrected chi connectivity index (χ0v) is 11.7. The molecule has 0 fully saturated rings. The Balaban J connectivity index is 1.93. The summed E-state index contributed by atoms with van der Waals surface area (Å²) in [6, 6.07) is 9.96. The van der Waals surface area contributed by atoms with E-state index in [-0.39, 0.29) is 0 Å². The van der Waals surface area contributed by atoms with Gasteiger partial charge in [-0.2, -0.15) is 0 Å². The first-order chi connectivity index (χ1) is 8.28. The molecule has 1 aromatic carbocycles. The minimum absolute atomic E-state index is 0.462. The van der Waals surface area contributed by atoms with Crippen molar-refractivity contribution in [2.24, 2.45) is 0 Å². The van der Waals surface area contributed by atoms with Crippen LogP contribution in [0.3, 0.4) is 0 Å². The standard InChI is InChI=1S/C13H14INO2/c1-15-7-10-5-13(16-8-10)9-17-12-4-2-3-11(14)6-12/h2-6,8,15H,7,9H2,1H3. The molecule has 0 aliphatic rings. The van der Waals surface area contributed by atoms with Gasteiger partial charge in [-0.05, 0) is 53.9 Å². The molecule has 0 saturated carbocycles. The van der Waals surface area contributed by atoms with Gasteiger partial charge in [-0.3, -0.25) is 0 Å². The van der Waals surface area contributed by atoms with E-state index in [2.05, 4.69) is 27.9 Å². The molecule has 1 N–H and O–H groups in total. The Labute approximate surface area is 114 Å². The molecular weight excluding hydrogens is 329 g/mol. The highest BCUT2D eigenvalue weighted by Crippen LogP contribution is 2.17.